The molecular weight excluding hydrogens is 306 g/mol. The Morgan fingerprint density at radius 3 is 2.71 bits per heavy atom. The van der Waals surface area contributed by atoms with Crippen molar-refractivity contribution in [3.8, 4) is 0 Å². The minimum Gasteiger partial charge on any atom is -0.480 e. The van der Waals surface area contributed by atoms with Crippen molar-refractivity contribution in [3.05, 3.63) is 34.9 Å². The van der Waals surface area contributed by atoms with Crippen molar-refractivity contribution in [3.63, 3.8) is 0 Å². The third-order valence-electron chi connectivity index (χ3n) is 3.41. The summed E-state index contributed by atoms with van der Waals surface area (Å²) in [5, 5.41) is 13.6. The van der Waals surface area contributed by atoms with Crippen LogP contribution in [0.4, 0.5) is 0 Å². The van der Waals surface area contributed by atoms with E-state index < -0.39 is 11.5 Å². The molecule has 2 unspecified atom stereocenters. The highest BCUT2D eigenvalue weighted by Gasteiger charge is 2.33. The van der Waals surface area contributed by atoms with Gasteiger partial charge in [-0.25, -0.2) is 0 Å². The van der Waals surface area contributed by atoms with E-state index in [1.165, 1.54) is 0 Å². The fraction of sp³-hybridized carbons (Fsp3) is 0.562. The van der Waals surface area contributed by atoms with Crippen molar-refractivity contribution < 1.29 is 9.90 Å². The zero-order valence-electron chi connectivity index (χ0n) is 12.9. The SMILES string of the molecule is CCCNC(C)(CC(C)SCc1ccccc1Cl)C(=O)O. The van der Waals surface area contributed by atoms with E-state index in [9.17, 15) is 9.90 Å². The maximum atomic E-state index is 11.5. The lowest BCUT2D eigenvalue weighted by atomic mass is 9.96. The van der Waals surface area contributed by atoms with Gasteiger partial charge in [0.1, 0.15) is 5.54 Å². The predicted octanol–water partition coefficient (Wildman–Crippen LogP) is 4.19. The Labute approximate surface area is 136 Å². The number of carbonyl (C=O) groups is 1. The monoisotopic (exact) mass is 329 g/mol. The lowest BCUT2D eigenvalue weighted by Gasteiger charge is -2.29. The Balaban J connectivity index is 2.56. The Morgan fingerprint density at radius 1 is 1.48 bits per heavy atom. The second-order valence-electron chi connectivity index (χ2n) is 5.48. The molecule has 0 aliphatic rings. The number of hydrogen-bond donors (Lipinski definition) is 2. The molecule has 0 fully saturated rings. The number of carboxylic acid groups (broad SMARTS) is 1. The molecule has 1 rings (SSSR count). The van der Waals surface area contributed by atoms with E-state index in [1.807, 2.05) is 31.2 Å². The first-order chi connectivity index (χ1) is 9.89. The summed E-state index contributed by atoms with van der Waals surface area (Å²) in [7, 11) is 0. The summed E-state index contributed by atoms with van der Waals surface area (Å²) >= 11 is 7.87. The molecule has 0 saturated carbocycles. The van der Waals surface area contributed by atoms with E-state index in [4.69, 9.17) is 11.6 Å². The molecule has 1 aromatic carbocycles. The zero-order chi connectivity index (χ0) is 15.9. The minimum absolute atomic E-state index is 0.228. The van der Waals surface area contributed by atoms with Gasteiger partial charge in [-0.2, -0.15) is 11.8 Å². The molecule has 3 nitrogen and oxygen atoms in total. The molecule has 0 radical (unpaired) electrons. The summed E-state index contributed by atoms with van der Waals surface area (Å²) in [6.45, 7) is 6.57. The summed E-state index contributed by atoms with van der Waals surface area (Å²) in [4.78, 5) is 11.5. The van der Waals surface area contributed by atoms with Crippen LogP contribution in [0.15, 0.2) is 24.3 Å². The molecular formula is C16H24ClNO2S. The van der Waals surface area contributed by atoms with Crippen LogP contribution in [-0.4, -0.2) is 28.4 Å². The molecule has 0 aliphatic carbocycles. The first kappa shape index (κ1) is 18.3. The molecule has 5 heteroatoms. The summed E-state index contributed by atoms with van der Waals surface area (Å²) < 4.78 is 0. The Bertz CT molecular complexity index is 469. The molecule has 2 atom stereocenters. The van der Waals surface area contributed by atoms with Crippen LogP contribution in [0.5, 0.6) is 0 Å². The van der Waals surface area contributed by atoms with E-state index >= 15 is 0 Å². The number of hydrogen-bond acceptors (Lipinski definition) is 3. The van der Waals surface area contributed by atoms with Gasteiger partial charge in [-0.3, -0.25) is 4.79 Å². The van der Waals surface area contributed by atoms with E-state index in [0.717, 1.165) is 22.8 Å². The predicted molar refractivity (Wildman–Crippen MR) is 91.2 cm³/mol. The maximum Gasteiger partial charge on any atom is 0.323 e. The number of aliphatic carboxylic acids is 1. The second-order valence-corrected chi connectivity index (χ2v) is 7.32. The fourth-order valence-electron chi connectivity index (χ4n) is 2.12. The van der Waals surface area contributed by atoms with Crippen LogP contribution in [0.1, 0.15) is 39.2 Å². The Kier molecular flexibility index (Phi) is 7.57. The normalized spacial score (nSPS) is 15.4. The molecule has 118 valence electrons. The largest absolute Gasteiger partial charge is 0.480 e. The lowest BCUT2D eigenvalue weighted by molar-refractivity contribution is -0.144. The van der Waals surface area contributed by atoms with Gasteiger partial charge in [0.25, 0.3) is 0 Å². The lowest BCUT2D eigenvalue weighted by Crippen LogP contribution is -2.51. The van der Waals surface area contributed by atoms with Crippen molar-refractivity contribution in [1.82, 2.24) is 5.32 Å². The molecule has 0 heterocycles. The third-order valence-corrected chi connectivity index (χ3v) is 5.00. The average molecular weight is 330 g/mol. The summed E-state index contributed by atoms with van der Waals surface area (Å²) in [5.41, 5.74) is 0.220. The highest BCUT2D eigenvalue weighted by atomic mass is 35.5. The zero-order valence-corrected chi connectivity index (χ0v) is 14.4. The van der Waals surface area contributed by atoms with Crippen molar-refractivity contribution in [2.24, 2.45) is 0 Å². The summed E-state index contributed by atoms with van der Waals surface area (Å²) in [6.07, 6.45) is 1.50. The van der Waals surface area contributed by atoms with Crippen molar-refractivity contribution >= 4 is 29.3 Å². The van der Waals surface area contributed by atoms with E-state index in [0.29, 0.717) is 13.0 Å². The summed E-state index contributed by atoms with van der Waals surface area (Å²) in [5.74, 6) is 0.00534. The standard InChI is InChI=1S/C16H24ClNO2S/c1-4-9-18-16(3,15(19)20)10-12(2)21-11-13-7-5-6-8-14(13)17/h5-8,12,18H,4,9-11H2,1-3H3,(H,19,20). The van der Waals surface area contributed by atoms with Crippen LogP contribution in [0, 0.1) is 0 Å². The quantitative estimate of drug-likeness (QED) is 0.713. The van der Waals surface area contributed by atoms with E-state index in [1.54, 1.807) is 18.7 Å². The van der Waals surface area contributed by atoms with E-state index in [2.05, 4.69) is 12.2 Å². The van der Waals surface area contributed by atoms with Crippen LogP contribution in [0.2, 0.25) is 5.02 Å². The first-order valence-corrected chi connectivity index (χ1v) is 8.65. The van der Waals surface area contributed by atoms with Gasteiger partial charge in [-0.05, 0) is 37.9 Å². The number of rotatable bonds is 9. The number of nitrogens with one attached hydrogen (secondary N) is 1. The molecule has 21 heavy (non-hydrogen) atoms. The molecule has 2 N–H and O–H groups in total. The van der Waals surface area contributed by atoms with Crippen LogP contribution < -0.4 is 5.32 Å². The molecule has 0 spiro atoms. The summed E-state index contributed by atoms with van der Waals surface area (Å²) in [6, 6.07) is 7.77. The number of carboxylic acids is 1. The second kappa shape index (κ2) is 8.66. The highest BCUT2D eigenvalue weighted by molar-refractivity contribution is 7.99. The number of benzene rings is 1. The smallest absolute Gasteiger partial charge is 0.323 e. The topological polar surface area (TPSA) is 49.3 Å². The van der Waals surface area contributed by atoms with Gasteiger partial charge in [0.2, 0.25) is 0 Å². The Morgan fingerprint density at radius 2 is 2.14 bits per heavy atom. The highest BCUT2D eigenvalue weighted by Crippen LogP contribution is 2.28. The van der Waals surface area contributed by atoms with Crippen LogP contribution >= 0.6 is 23.4 Å². The van der Waals surface area contributed by atoms with Crippen LogP contribution in [0.25, 0.3) is 0 Å². The molecule has 0 amide bonds. The molecule has 0 saturated heterocycles. The third kappa shape index (κ3) is 5.89. The van der Waals surface area contributed by atoms with Gasteiger partial charge in [0, 0.05) is 16.0 Å². The molecule has 0 bridgehead atoms. The maximum absolute atomic E-state index is 11.5. The fourth-order valence-corrected chi connectivity index (χ4v) is 3.57. The average Bonchev–Trinajstić information content (AvgIpc) is 2.44. The van der Waals surface area contributed by atoms with Gasteiger partial charge in [-0.1, -0.05) is 43.6 Å². The van der Waals surface area contributed by atoms with Crippen molar-refractivity contribution in [2.45, 2.75) is 50.2 Å². The molecule has 0 aliphatic heterocycles. The number of halogens is 1. The van der Waals surface area contributed by atoms with Gasteiger partial charge >= 0.3 is 5.97 Å². The van der Waals surface area contributed by atoms with Gasteiger partial charge in [0.15, 0.2) is 0 Å². The molecule has 0 aromatic heterocycles. The van der Waals surface area contributed by atoms with Gasteiger partial charge in [0.05, 0.1) is 0 Å². The Hall–Kier alpha value is -0.710. The van der Waals surface area contributed by atoms with Gasteiger partial charge < -0.3 is 10.4 Å². The molecule has 1 aromatic rings. The van der Waals surface area contributed by atoms with Crippen molar-refractivity contribution in [1.29, 1.82) is 0 Å². The number of thioether (sulfide) groups is 1. The van der Waals surface area contributed by atoms with Gasteiger partial charge in [-0.15, -0.1) is 0 Å². The van der Waals surface area contributed by atoms with Crippen LogP contribution in [-0.2, 0) is 10.5 Å². The van der Waals surface area contributed by atoms with Crippen molar-refractivity contribution in [2.75, 3.05) is 6.54 Å². The first-order valence-electron chi connectivity index (χ1n) is 7.22. The minimum atomic E-state index is -0.872. The van der Waals surface area contributed by atoms with Crippen LogP contribution in [0.3, 0.4) is 0 Å². The van der Waals surface area contributed by atoms with E-state index in [-0.39, 0.29) is 5.25 Å².